The summed E-state index contributed by atoms with van der Waals surface area (Å²) >= 11 is 0. The molecule has 2 rings (SSSR count). The van der Waals surface area contributed by atoms with Crippen molar-refractivity contribution < 1.29 is 14.3 Å². The van der Waals surface area contributed by atoms with Gasteiger partial charge in [0.15, 0.2) is 23.9 Å². The third kappa shape index (κ3) is 4.34. The lowest BCUT2D eigenvalue weighted by atomic mass is 9.91. The second kappa shape index (κ2) is 7.16. The van der Waals surface area contributed by atoms with Crippen molar-refractivity contribution in [2.45, 2.75) is 27.7 Å². The average molecular weight is 328 g/mol. The van der Waals surface area contributed by atoms with Crippen LogP contribution in [0.1, 0.15) is 32.2 Å². The maximum atomic E-state index is 12.5. The van der Waals surface area contributed by atoms with Crippen LogP contribution < -0.4 is 0 Å². The maximum absolute atomic E-state index is 12.5. The van der Waals surface area contributed by atoms with Crippen LogP contribution in [0.15, 0.2) is 30.3 Å². The second-order valence-electron chi connectivity index (χ2n) is 6.33. The van der Waals surface area contributed by atoms with Crippen LogP contribution in [0.3, 0.4) is 0 Å². The molecule has 0 atom stereocenters. The minimum Gasteiger partial charge on any atom is -0.453 e. The van der Waals surface area contributed by atoms with Gasteiger partial charge in [-0.2, -0.15) is 4.68 Å². The highest BCUT2D eigenvalue weighted by Gasteiger charge is 2.24. The first-order valence-corrected chi connectivity index (χ1v) is 7.51. The van der Waals surface area contributed by atoms with Gasteiger partial charge in [-0.3, -0.25) is 4.79 Å². The number of esters is 1. The molecular weight excluding hydrogens is 308 g/mol. The van der Waals surface area contributed by atoms with E-state index in [4.69, 9.17) is 4.74 Å². The Morgan fingerprint density at radius 2 is 1.88 bits per heavy atom. The Morgan fingerprint density at radius 3 is 2.42 bits per heavy atom. The first kappa shape index (κ1) is 17.5. The van der Waals surface area contributed by atoms with Crippen molar-refractivity contribution in [3.63, 3.8) is 0 Å². The maximum Gasteiger partial charge on any atom is 0.357 e. The molecule has 7 heteroatoms. The van der Waals surface area contributed by atoms with E-state index in [-0.39, 0.29) is 18.1 Å². The summed E-state index contributed by atoms with van der Waals surface area (Å²) in [6, 6.07) is 9.26. The summed E-state index contributed by atoms with van der Waals surface area (Å²) in [5.74, 6) is -0.383. The topological polar surface area (TPSA) is 87.0 Å². The molecule has 0 aliphatic carbocycles. The second-order valence-corrected chi connectivity index (χ2v) is 6.33. The van der Waals surface area contributed by atoms with E-state index >= 15 is 0 Å². The fourth-order valence-corrected chi connectivity index (χ4v) is 1.79. The van der Waals surface area contributed by atoms with Crippen molar-refractivity contribution in [3.05, 3.63) is 41.7 Å². The number of rotatable bonds is 5. The number of ketones is 1. The molecule has 0 aliphatic rings. The summed E-state index contributed by atoms with van der Waals surface area (Å²) in [6.07, 6.45) is 1.62. The molecule has 1 aromatic carbocycles. The quantitative estimate of drug-likeness (QED) is 0.617. The molecule has 0 aliphatic heterocycles. The molecule has 24 heavy (non-hydrogen) atoms. The zero-order chi connectivity index (χ0) is 17.7. The first-order valence-electron chi connectivity index (χ1n) is 7.51. The van der Waals surface area contributed by atoms with Crippen LogP contribution in [-0.2, 0) is 14.3 Å². The zero-order valence-electron chi connectivity index (χ0n) is 14.2. The van der Waals surface area contributed by atoms with Crippen molar-refractivity contribution in [1.82, 2.24) is 20.2 Å². The standard InChI is InChI=1S/C17H20N4O3/c1-12-18-19-20-21(12)14(10-13-8-6-5-7-9-13)16(23)24-11-15(22)17(2,3)4/h5-10H,11H2,1-4H3/b14-10-. The molecule has 2 aromatic rings. The number of tetrazole rings is 1. The third-order valence-electron chi connectivity index (χ3n) is 3.34. The van der Waals surface area contributed by atoms with E-state index in [2.05, 4.69) is 15.5 Å². The van der Waals surface area contributed by atoms with Crippen LogP contribution >= 0.6 is 0 Å². The highest BCUT2D eigenvalue weighted by Crippen LogP contribution is 2.17. The number of aromatic nitrogens is 4. The lowest BCUT2D eigenvalue weighted by Gasteiger charge is -2.16. The predicted octanol–water partition coefficient (Wildman–Crippen LogP) is 2.14. The molecule has 126 valence electrons. The summed E-state index contributed by atoms with van der Waals surface area (Å²) < 4.78 is 6.46. The number of hydrogen-bond donors (Lipinski definition) is 0. The molecule has 1 heterocycles. The average Bonchev–Trinajstić information content (AvgIpc) is 2.96. The van der Waals surface area contributed by atoms with Gasteiger partial charge in [-0.25, -0.2) is 4.79 Å². The van der Waals surface area contributed by atoms with E-state index in [1.807, 2.05) is 30.3 Å². The largest absolute Gasteiger partial charge is 0.453 e. The number of aryl methyl sites for hydroxylation is 1. The van der Waals surface area contributed by atoms with Crippen LogP contribution in [0.5, 0.6) is 0 Å². The normalized spacial score (nSPS) is 12.1. The molecule has 1 aromatic heterocycles. The summed E-state index contributed by atoms with van der Waals surface area (Å²) in [6.45, 7) is 6.70. The Morgan fingerprint density at radius 1 is 1.21 bits per heavy atom. The van der Waals surface area contributed by atoms with Gasteiger partial charge in [-0.05, 0) is 29.0 Å². The molecule has 0 spiro atoms. The molecule has 0 saturated heterocycles. The lowest BCUT2D eigenvalue weighted by Crippen LogP contribution is -2.27. The number of nitrogens with zero attached hydrogens (tertiary/aromatic N) is 4. The number of carbonyl (C=O) groups excluding carboxylic acids is 2. The molecule has 0 amide bonds. The van der Waals surface area contributed by atoms with E-state index < -0.39 is 11.4 Å². The Balaban J connectivity index is 2.27. The Kier molecular flexibility index (Phi) is 5.23. The van der Waals surface area contributed by atoms with Crippen molar-refractivity contribution in [3.8, 4) is 0 Å². The minimum atomic E-state index is -0.660. The van der Waals surface area contributed by atoms with Crippen molar-refractivity contribution in [1.29, 1.82) is 0 Å². The lowest BCUT2D eigenvalue weighted by molar-refractivity contribution is -0.145. The smallest absolute Gasteiger partial charge is 0.357 e. The number of benzene rings is 1. The molecule has 7 nitrogen and oxygen atoms in total. The Labute approximate surface area is 140 Å². The van der Waals surface area contributed by atoms with E-state index in [9.17, 15) is 9.59 Å². The van der Waals surface area contributed by atoms with E-state index in [0.717, 1.165) is 5.56 Å². The predicted molar refractivity (Wildman–Crippen MR) is 88.6 cm³/mol. The monoisotopic (exact) mass is 328 g/mol. The van der Waals surface area contributed by atoms with Gasteiger partial charge in [-0.1, -0.05) is 51.1 Å². The summed E-state index contributed by atoms with van der Waals surface area (Å²) in [5.41, 5.74) is 0.362. The minimum absolute atomic E-state index is 0.144. The molecular formula is C17H20N4O3. The highest BCUT2D eigenvalue weighted by molar-refractivity contribution is 6.15. The fraction of sp³-hybridized carbons (Fsp3) is 0.353. The van der Waals surface area contributed by atoms with Crippen LogP contribution in [0.2, 0.25) is 0 Å². The van der Waals surface area contributed by atoms with Crippen LogP contribution in [0.4, 0.5) is 0 Å². The summed E-state index contributed by atoms with van der Waals surface area (Å²) in [7, 11) is 0. The zero-order valence-corrected chi connectivity index (χ0v) is 14.2. The van der Waals surface area contributed by atoms with Gasteiger partial charge in [0.25, 0.3) is 0 Å². The van der Waals surface area contributed by atoms with Gasteiger partial charge < -0.3 is 4.74 Å². The SMILES string of the molecule is Cc1nnnn1/C(=C\c1ccccc1)C(=O)OCC(=O)C(C)(C)C. The van der Waals surface area contributed by atoms with Crippen LogP contribution in [0.25, 0.3) is 11.8 Å². The fourth-order valence-electron chi connectivity index (χ4n) is 1.79. The summed E-state index contributed by atoms with van der Waals surface area (Å²) in [5, 5.41) is 11.1. The van der Waals surface area contributed by atoms with Gasteiger partial charge in [-0.15, -0.1) is 5.10 Å². The van der Waals surface area contributed by atoms with E-state index in [0.29, 0.717) is 5.82 Å². The number of carbonyl (C=O) groups is 2. The van der Waals surface area contributed by atoms with Gasteiger partial charge >= 0.3 is 5.97 Å². The van der Waals surface area contributed by atoms with Crippen LogP contribution in [-0.4, -0.2) is 38.6 Å². The summed E-state index contributed by atoms with van der Waals surface area (Å²) in [4.78, 5) is 24.4. The van der Waals surface area contributed by atoms with Gasteiger partial charge in [0.05, 0.1) is 0 Å². The number of ether oxygens (including phenoxy) is 1. The molecule has 0 bridgehead atoms. The van der Waals surface area contributed by atoms with Crippen molar-refractivity contribution >= 4 is 23.5 Å². The molecule has 0 radical (unpaired) electrons. The molecule has 0 fully saturated rings. The Bertz CT molecular complexity index is 758. The van der Waals surface area contributed by atoms with E-state index in [1.165, 1.54) is 4.68 Å². The number of hydrogen-bond acceptors (Lipinski definition) is 6. The number of Topliss-reactive ketones (excluding diaryl/α,β-unsaturated/α-hetero) is 1. The third-order valence-corrected chi connectivity index (χ3v) is 3.34. The molecule has 0 saturated carbocycles. The molecule has 0 N–H and O–H groups in total. The Hall–Kier alpha value is -2.83. The van der Waals surface area contributed by atoms with E-state index in [1.54, 1.807) is 33.8 Å². The van der Waals surface area contributed by atoms with Gasteiger partial charge in [0.2, 0.25) is 0 Å². The van der Waals surface area contributed by atoms with Crippen molar-refractivity contribution in [2.24, 2.45) is 5.41 Å². The van der Waals surface area contributed by atoms with Gasteiger partial charge in [0.1, 0.15) is 0 Å². The highest BCUT2D eigenvalue weighted by atomic mass is 16.5. The first-order chi connectivity index (χ1) is 11.3. The van der Waals surface area contributed by atoms with Crippen molar-refractivity contribution in [2.75, 3.05) is 6.61 Å². The van der Waals surface area contributed by atoms with Crippen LogP contribution in [0, 0.1) is 12.3 Å². The molecule has 0 unspecified atom stereocenters. The van der Waals surface area contributed by atoms with Gasteiger partial charge in [0, 0.05) is 5.41 Å².